The lowest BCUT2D eigenvalue weighted by Crippen LogP contribution is -2.51. The molecule has 2 fully saturated rings. The number of aromatic amines is 2. The summed E-state index contributed by atoms with van der Waals surface area (Å²) in [5.41, 5.74) is 5.84. The quantitative estimate of drug-likeness (QED) is 0.147. The SMILES string of the molecule is COC(=O)N[C@H](C(=O)N1CCC[C@H]1c1ncc(-c2ccc(-c3ccc(-c4cnc([C@@H]5CCCN5C(=O)C(NC(C)=O)C(C)C)[nH]4)cc3)cc2)[nH]1)C(C)C. The largest absolute Gasteiger partial charge is 0.453 e. The molecule has 4 aromatic rings. The van der Waals surface area contributed by atoms with Gasteiger partial charge in [0.05, 0.1) is 43.0 Å². The number of nitrogens with one attached hydrogen (secondary N) is 4. The molecule has 0 spiro atoms. The second-order valence-electron chi connectivity index (χ2n) is 14.7. The third kappa shape index (κ3) is 8.13. The van der Waals surface area contributed by atoms with Gasteiger partial charge in [0, 0.05) is 20.0 Å². The summed E-state index contributed by atoms with van der Waals surface area (Å²) in [5, 5.41) is 5.52. The normalized spacial score (nSPS) is 18.3. The summed E-state index contributed by atoms with van der Waals surface area (Å²) >= 11 is 0. The van der Waals surface area contributed by atoms with Gasteiger partial charge in [0.1, 0.15) is 23.7 Å². The van der Waals surface area contributed by atoms with E-state index in [0.717, 1.165) is 71.0 Å². The second-order valence-corrected chi connectivity index (χ2v) is 14.7. The maximum absolute atomic E-state index is 13.5. The van der Waals surface area contributed by atoms with Crippen LogP contribution in [-0.4, -0.2) is 85.8 Å². The fourth-order valence-electron chi connectivity index (χ4n) is 7.41. The first kappa shape index (κ1) is 37.3. The van der Waals surface area contributed by atoms with Crippen molar-refractivity contribution >= 4 is 23.8 Å². The van der Waals surface area contributed by atoms with Crippen molar-refractivity contribution < 1.29 is 23.9 Å². The Morgan fingerprint density at radius 1 is 0.679 bits per heavy atom. The van der Waals surface area contributed by atoms with Gasteiger partial charge in [-0.25, -0.2) is 14.8 Å². The van der Waals surface area contributed by atoms with E-state index in [-0.39, 0.29) is 41.6 Å². The third-order valence-electron chi connectivity index (χ3n) is 10.3. The van der Waals surface area contributed by atoms with Gasteiger partial charge in [0.2, 0.25) is 17.7 Å². The van der Waals surface area contributed by atoms with Crippen molar-refractivity contribution in [2.75, 3.05) is 20.2 Å². The van der Waals surface area contributed by atoms with E-state index in [2.05, 4.69) is 79.1 Å². The van der Waals surface area contributed by atoms with Gasteiger partial charge in [-0.3, -0.25) is 14.4 Å². The van der Waals surface area contributed by atoms with Crippen molar-refractivity contribution in [3.05, 3.63) is 72.6 Å². The van der Waals surface area contributed by atoms with E-state index in [9.17, 15) is 19.2 Å². The molecule has 4 N–H and O–H groups in total. The minimum absolute atomic E-state index is 0.0256. The van der Waals surface area contributed by atoms with Gasteiger partial charge in [-0.15, -0.1) is 0 Å². The van der Waals surface area contributed by atoms with Crippen LogP contribution in [0, 0.1) is 11.8 Å². The third-order valence-corrected chi connectivity index (χ3v) is 10.3. The molecule has 0 radical (unpaired) electrons. The Bertz CT molecular complexity index is 1920. The first-order valence-corrected chi connectivity index (χ1v) is 18.5. The van der Waals surface area contributed by atoms with Gasteiger partial charge in [-0.2, -0.15) is 0 Å². The molecule has 4 amide bonds. The van der Waals surface area contributed by atoms with Crippen LogP contribution in [0.2, 0.25) is 0 Å². The molecule has 280 valence electrons. The Balaban J connectivity index is 1.11. The number of ether oxygens (including phenoxy) is 1. The number of rotatable bonds is 11. The maximum Gasteiger partial charge on any atom is 0.407 e. The van der Waals surface area contributed by atoms with Gasteiger partial charge in [0.15, 0.2) is 0 Å². The number of hydrogen-bond donors (Lipinski definition) is 4. The van der Waals surface area contributed by atoms with Crippen LogP contribution in [0.15, 0.2) is 60.9 Å². The molecule has 0 bridgehead atoms. The molecule has 2 saturated heterocycles. The van der Waals surface area contributed by atoms with Crippen LogP contribution in [0.25, 0.3) is 33.6 Å². The molecule has 4 atom stereocenters. The smallest absolute Gasteiger partial charge is 0.407 e. The summed E-state index contributed by atoms with van der Waals surface area (Å²) in [4.78, 5) is 70.6. The van der Waals surface area contributed by atoms with Crippen LogP contribution in [-0.2, 0) is 19.1 Å². The first-order valence-electron chi connectivity index (χ1n) is 18.5. The molecule has 2 aromatic carbocycles. The Labute approximate surface area is 310 Å². The Morgan fingerprint density at radius 3 is 1.45 bits per heavy atom. The average molecular weight is 723 g/mol. The van der Waals surface area contributed by atoms with Gasteiger partial charge >= 0.3 is 6.09 Å². The van der Waals surface area contributed by atoms with Crippen LogP contribution >= 0.6 is 0 Å². The van der Waals surface area contributed by atoms with Crippen LogP contribution < -0.4 is 10.6 Å². The highest BCUT2D eigenvalue weighted by Crippen LogP contribution is 2.35. The minimum Gasteiger partial charge on any atom is -0.453 e. The zero-order chi connectivity index (χ0) is 37.8. The lowest BCUT2D eigenvalue weighted by molar-refractivity contribution is -0.138. The van der Waals surface area contributed by atoms with Crippen molar-refractivity contribution in [3.63, 3.8) is 0 Å². The van der Waals surface area contributed by atoms with Gasteiger partial charge in [0.25, 0.3) is 0 Å². The molecule has 4 heterocycles. The highest BCUT2D eigenvalue weighted by atomic mass is 16.5. The van der Waals surface area contributed by atoms with Gasteiger partial charge in [-0.1, -0.05) is 76.2 Å². The number of nitrogens with zero attached hydrogens (tertiary/aromatic N) is 4. The predicted octanol–water partition coefficient (Wildman–Crippen LogP) is 6.00. The van der Waals surface area contributed by atoms with Crippen molar-refractivity contribution in [2.45, 2.75) is 84.5 Å². The number of amides is 4. The number of carbonyl (C=O) groups excluding carboxylic acids is 4. The zero-order valence-electron chi connectivity index (χ0n) is 31.3. The van der Waals surface area contributed by atoms with E-state index in [4.69, 9.17) is 4.74 Å². The zero-order valence-corrected chi connectivity index (χ0v) is 31.3. The van der Waals surface area contributed by atoms with Crippen molar-refractivity contribution in [2.24, 2.45) is 11.8 Å². The lowest BCUT2D eigenvalue weighted by Gasteiger charge is -2.30. The monoisotopic (exact) mass is 722 g/mol. The molecule has 13 nitrogen and oxygen atoms in total. The topological polar surface area (TPSA) is 165 Å². The first-order chi connectivity index (χ1) is 25.4. The molecule has 13 heteroatoms. The molecule has 6 rings (SSSR count). The Morgan fingerprint density at radius 2 is 1.08 bits per heavy atom. The molecule has 1 unspecified atom stereocenters. The number of likely N-dealkylation sites (tertiary alicyclic amines) is 2. The lowest BCUT2D eigenvalue weighted by atomic mass is 10.0. The molecule has 2 aromatic heterocycles. The van der Waals surface area contributed by atoms with E-state index in [0.29, 0.717) is 13.1 Å². The van der Waals surface area contributed by atoms with Crippen LogP contribution in [0.1, 0.15) is 84.0 Å². The van der Waals surface area contributed by atoms with E-state index in [1.807, 2.05) is 43.7 Å². The number of H-pyrrole nitrogens is 2. The summed E-state index contributed by atoms with van der Waals surface area (Å²) in [7, 11) is 1.29. The minimum atomic E-state index is -0.684. The standard InChI is InChI=1S/C40H50N8O5/c1-23(2)34(43-25(5)49)38(50)47-19-7-9-32(47)36-41-21-30(44-36)28-15-11-26(12-16-28)27-13-17-29(18-14-27)31-22-42-37(45-31)33-10-8-20-48(33)39(51)35(24(3)4)46-40(52)53-6/h11-18,21-24,32-35H,7-10,19-20H2,1-6H3,(H,41,44)(H,42,45)(H,43,49)(H,46,52)/t32-,33-,34?,35-/m0/s1. The fourth-order valence-corrected chi connectivity index (χ4v) is 7.41. The van der Waals surface area contributed by atoms with E-state index in [1.54, 1.807) is 6.20 Å². The van der Waals surface area contributed by atoms with Crippen LogP contribution in [0.4, 0.5) is 4.79 Å². The second kappa shape index (κ2) is 16.1. The Hall–Kier alpha value is -5.46. The number of benzene rings is 2. The average Bonchev–Trinajstić information content (AvgIpc) is 3.98. The highest BCUT2D eigenvalue weighted by molar-refractivity contribution is 5.88. The summed E-state index contributed by atoms with van der Waals surface area (Å²) in [5.74, 6) is 0.928. The van der Waals surface area contributed by atoms with Crippen molar-refractivity contribution in [3.8, 4) is 33.6 Å². The van der Waals surface area contributed by atoms with Gasteiger partial charge < -0.3 is 35.1 Å². The number of hydrogen-bond acceptors (Lipinski definition) is 7. The molecule has 2 aliphatic rings. The fraction of sp³-hybridized carbons (Fsp3) is 0.450. The van der Waals surface area contributed by atoms with Crippen molar-refractivity contribution in [1.29, 1.82) is 0 Å². The Kier molecular flexibility index (Phi) is 11.3. The summed E-state index contributed by atoms with van der Waals surface area (Å²) in [6.45, 7) is 10.4. The van der Waals surface area contributed by atoms with Crippen LogP contribution in [0.3, 0.4) is 0 Å². The highest BCUT2D eigenvalue weighted by Gasteiger charge is 2.38. The molecular formula is C40H50N8O5. The molecular weight excluding hydrogens is 672 g/mol. The van der Waals surface area contributed by atoms with Gasteiger partial charge in [-0.05, 0) is 59.8 Å². The van der Waals surface area contributed by atoms with Crippen molar-refractivity contribution in [1.82, 2.24) is 40.4 Å². The summed E-state index contributed by atoms with van der Waals surface area (Å²) in [6.07, 6.45) is 6.32. The van der Waals surface area contributed by atoms with Crippen LogP contribution in [0.5, 0.6) is 0 Å². The van der Waals surface area contributed by atoms with E-state index < -0.39 is 18.2 Å². The molecule has 0 saturated carbocycles. The molecule has 0 aliphatic carbocycles. The summed E-state index contributed by atoms with van der Waals surface area (Å²) < 4.78 is 4.75. The number of imidazole rings is 2. The number of alkyl carbamates (subject to hydrolysis) is 1. The number of aromatic nitrogens is 4. The van der Waals surface area contributed by atoms with E-state index in [1.165, 1.54) is 14.0 Å². The number of carbonyl (C=O) groups is 4. The van der Waals surface area contributed by atoms with E-state index >= 15 is 0 Å². The number of methoxy groups -OCH3 is 1. The maximum atomic E-state index is 13.5. The molecule has 53 heavy (non-hydrogen) atoms. The predicted molar refractivity (Wildman–Crippen MR) is 201 cm³/mol. The summed E-state index contributed by atoms with van der Waals surface area (Å²) in [6, 6.07) is 14.9. The molecule has 2 aliphatic heterocycles.